The molecule has 2 heterocycles. The second-order valence-electron chi connectivity index (χ2n) is 6.46. The maximum absolute atomic E-state index is 13.3. The minimum atomic E-state index is -0.217. The summed E-state index contributed by atoms with van der Waals surface area (Å²) < 4.78 is 15.0. The fourth-order valence-electron chi connectivity index (χ4n) is 3.27. The largest absolute Gasteiger partial charge is 0.369 e. The first-order valence-electron chi connectivity index (χ1n) is 8.26. The van der Waals surface area contributed by atoms with Crippen molar-refractivity contribution in [2.45, 2.75) is 32.7 Å². The number of hydrogen-bond donors (Lipinski definition) is 1. The molecule has 0 unspecified atom stereocenters. The van der Waals surface area contributed by atoms with Gasteiger partial charge in [-0.3, -0.25) is 9.48 Å². The molecule has 0 bridgehead atoms. The van der Waals surface area contributed by atoms with Gasteiger partial charge in [0.15, 0.2) is 0 Å². The Morgan fingerprint density at radius 3 is 2.83 bits per heavy atom. The monoisotopic (exact) mass is 330 g/mol. The second-order valence-corrected chi connectivity index (χ2v) is 6.46. The zero-order chi connectivity index (χ0) is 17.3. The molecule has 1 aromatic carbocycles. The van der Waals surface area contributed by atoms with E-state index in [0.29, 0.717) is 5.56 Å². The zero-order valence-electron chi connectivity index (χ0n) is 14.3. The molecule has 0 aliphatic carbocycles. The van der Waals surface area contributed by atoms with E-state index >= 15 is 0 Å². The lowest BCUT2D eigenvalue weighted by Crippen LogP contribution is -2.48. The normalized spacial score (nSPS) is 17.8. The van der Waals surface area contributed by atoms with E-state index in [9.17, 15) is 9.18 Å². The minimum Gasteiger partial charge on any atom is -0.369 e. The number of nitrogens with one attached hydrogen (secondary N) is 1. The predicted octanol–water partition coefficient (Wildman–Crippen LogP) is 2.57. The molecule has 0 saturated carbocycles. The van der Waals surface area contributed by atoms with E-state index in [1.165, 1.54) is 6.07 Å². The van der Waals surface area contributed by atoms with Crippen molar-refractivity contribution in [2.24, 2.45) is 7.05 Å². The van der Waals surface area contributed by atoms with Crippen LogP contribution in [0, 0.1) is 19.7 Å². The molecular weight excluding hydrogens is 307 g/mol. The van der Waals surface area contributed by atoms with Crippen molar-refractivity contribution in [1.82, 2.24) is 15.1 Å². The third-order valence-electron chi connectivity index (χ3n) is 4.74. The van der Waals surface area contributed by atoms with Crippen molar-refractivity contribution in [3.63, 3.8) is 0 Å². The average Bonchev–Trinajstić information content (AvgIpc) is 2.87. The maximum Gasteiger partial charge on any atom is 0.255 e. The standard InChI is InChI=1S/C18H23FN4O/c1-12-9-14(19)6-7-17(12)23-8-4-5-15(11-23)21-18(24)16-10-20-22(3)13(16)2/h6-7,9-10,15H,4-5,8,11H2,1-3H3,(H,21,24)/t15-/m0/s1. The van der Waals surface area contributed by atoms with E-state index in [4.69, 9.17) is 0 Å². The number of carbonyl (C=O) groups is 1. The van der Waals surface area contributed by atoms with E-state index in [0.717, 1.165) is 42.9 Å². The van der Waals surface area contributed by atoms with Gasteiger partial charge in [-0.1, -0.05) is 0 Å². The number of halogens is 1. The summed E-state index contributed by atoms with van der Waals surface area (Å²) in [7, 11) is 1.83. The molecule has 1 amide bonds. The van der Waals surface area contributed by atoms with Gasteiger partial charge in [-0.2, -0.15) is 5.10 Å². The number of hydrogen-bond acceptors (Lipinski definition) is 3. The Kier molecular flexibility index (Phi) is 4.55. The summed E-state index contributed by atoms with van der Waals surface area (Å²) in [5, 5.41) is 7.23. The first kappa shape index (κ1) is 16.5. The molecule has 0 spiro atoms. The van der Waals surface area contributed by atoms with Crippen molar-refractivity contribution < 1.29 is 9.18 Å². The number of rotatable bonds is 3. The number of aryl methyl sites for hydroxylation is 2. The van der Waals surface area contributed by atoms with Gasteiger partial charge < -0.3 is 10.2 Å². The number of carbonyl (C=O) groups excluding carboxylic acids is 1. The summed E-state index contributed by atoms with van der Waals surface area (Å²) in [6.07, 6.45) is 3.55. The molecule has 5 nitrogen and oxygen atoms in total. The van der Waals surface area contributed by atoms with Crippen molar-refractivity contribution in [1.29, 1.82) is 0 Å². The molecule has 0 radical (unpaired) electrons. The zero-order valence-corrected chi connectivity index (χ0v) is 14.3. The fourth-order valence-corrected chi connectivity index (χ4v) is 3.27. The van der Waals surface area contributed by atoms with Crippen molar-refractivity contribution in [3.8, 4) is 0 Å². The topological polar surface area (TPSA) is 50.2 Å². The Hall–Kier alpha value is -2.37. The quantitative estimate of drug-likeness (QED) is 0.941. The summed E-state index contributed by atoms with van der Waals surface area (Å²) in [6, 6.07) is 4.94. The van der Waals surface area contributed by atoms with E-state index in [2.05, 4.69) is 15.3 Å². The summed E-state index contributed by atoms with van der Waals surface area (Å²) >= 11 is 0. The van der Waals surface area contributed by atoms with Gasteiger partial charge in [0, 0.05) is 37.6 Å². The van der Waals surface area contributed by atoms with Crippen LogP contribution in [0.4, 0.5) is 10.1 Å². The van der Waals surface area contributed by atoms with Gasteiger partial charge in [-0.25, -0.2) is 4.39 Å². The van der Waals surface area contributed by atoms with Gasteiger partial charge in [-0.05, 0) is 50.5 Å². The van der Waals surface area contributed by atoms with E-state index < -0.39 is 0 Å². The SMILES string of the molecule is Cc1cc(F)ccc1N1CCC[C@H](NC(=O)c2cnn(C)c2C)C1. The molecule has 1 fully saturated rings. The Morgan fingerprint density at radius 1 is 1.38 bits per heavy atom. The van der Waals surface area contributed by atoms with Crippen LogP contribution in [-0.4, -0.2) is 34.8 Å². The predicted molar refractivity (Wildman–Crippen MR) is 91.8 cm³/mol. The smallest absolute Gasteiger partial charge is 0.255 e. The van der Waals surface area contributed by atoms with E-state index in [1.807, 2.05) is 27.0 Å². The van der Waals surface area contributed by atoms with Crippen LogP contribution in [0.1, 0.15) is 34.5 Å². The lowest BCUT2D eigenvalue weighted by atomic mass is 10.0. The maximum atomic E-state index is 13.3. The fraction of sp³-hybridized carbons (Fsp3) is 0.444. The average molecular weight is 330 g/mol. The van der Waals surface area contributed by atoms with Gasteiger partial charge >= 0.3 is 0 Å². The van der Waals surface area contributed by atoms with Gasteiger partial charge in [0.25, 0.3) is 5.91 Å². The highest BCUT2D eigenvalue weighted by atomic mass is 19.1. The molecule has 1 saturated heterocycles. The molecule has 1 aromatic heterocycles. The van der Waals surface area contributed by atoms with Crippen LogP contribution in [0.2, 0.25) is 0 Å². The van der Waals surface area contributed by atoms with Gasteiger partial charge in [-0.15, -0.1) is 0 Å². The Labute approximate surface area is 141 Å². The van der Waals surface area contributed by atoms with Crippen molar-refractivity contribution >= 4 is 11.6 Å². The Bertz CT molecular complexity index is 755. The molecule has 128 valence electrons. The highest BCUT2D eigenvalue weighted by Gasteiger charge is 2.24. The highest BCUT2D eigenvalue weighted by molar-refractivity contribution is 5.95. The van der Waals surface area contributed by atoms with E-state index in [-0.39, 0.29) is 17.8 Å². The third-order valence-corrected chi connectivity index (χ3v) is 4.74. The van der Waals surface area contributed by atoms with Crippen LogP contribution in [0.25, 0.3) is 0 Å². The summed E-state index contributed by atoms with van der Waals surface area (Å²) in [6.45, 7) is 5.46. The Morgan fingerprint density at radius 2 is 2.17 bits per heavy atom. The number of nitrogens with zero attached hydrogens (tertiary/aromatic N) is 3. The van der Waals surface area contributed by atoms with Crippen LogP contribution in [0.3, 0.4) is 0 Å². The van der Waals surface area contributed by atoms with E-state index in [1.54, 1.807) is 16.9 Å². The lowest BCUT2D eigenvalue weighted by molar-refractivity contribution is 0.0932. The summed E-state index contributed by atoms with van der Waals surface area (Å²) in [5.41, 5.74) is 3.43. The lowest BCUT2D eigenvalue weighted by Gasteiger charge is -2.35. The number of benzene rings is 1. The molecule has 1 N–H and O–H groups in total. The number of piperidine rings is 1. The summed E-state index contributed by atoms with van der Waals surface area (Å²) in [4.78, 5) is 14.7. The van der Waals surface area contributed by atoms with Crippen molar-refractivity contribution in [2.75, 3.05) is 18.0 Å². The second kappa shape index (κ2) is 6.63. The van der Waals surface area contributed by atoms with Crippen molar-refractivity contribution in [3.05, 3.63) is 47.0 Å². The third kappa shape index (κ3) is 3.27. The first-order valence-corrected chi connectivity index (χ1v) is 8.26. The Balaban J connectivity index is 1.69. The van der Waals surface area contributed by atoms with Crippen LogP contribution < -0.4 is 10.2 Å². The van der Waals surface area contributed by atoms with Crippen LogP contribution >= 0.6 is 0 Å². The van der Waals surface area contributed by atoms with Gasteiger partial charge in [0.2, 0.25) is 0 Å². The molecule has 6 heteroatoms. The molecule has 1 aliphatic heterocycles. The molecule has 2 aromatic rings. The molecule has 3 rings (SSSR count). The highest BCUT2D eigenvalue weighted by Crippen LogP contribution is 2.24. The minimum absolute atomic E-state index is 0.0790. The molecule has 1 aliphatic rings. The number of anilines is 1. The van der Waals surface area contributed by atoms with Crippen LogP contribution in [0.5, 0.6) is 0 Å². The van der Waals surface area contributed by atoms with Crippen LogP contribution in [-0.2, 0) is 7.05 Å². The number of amides is 1. The molecule has 1 atom stereocenters. The first-order chi connectivity index (χ1) is 11.5. The van der Waals surface area contributed by atoms with Crippen LogP contribution in [0.15, 0.2) is 24.4 Å². The number of aromatic nitrogens is 2. The van der Waals surface area contributed by atoms with Gasteiger partial charge in [0.1, 0.15) is 5.82 Å². The van der Waals surface area contributed by atoms with Gasteiger partial charge in [0.05, 0.1) is 11.8 Å². The summed E-state index contributed by atoms with van der Waals surface area (Å²) in [5.74, 6) is -0.298. The molecular formula is C18H23FN4O. The molecule has 24 heavy (non-hydrogen) atoms.